The Morgan fingerprint density at radius 3 is 2.61 bits per heavy atom. The Morgan fingerprint density at radius 2 is 1.91 bits per heavy atom. The van der Waals surface area contributed by atoms with Crippen molar-refractivity contribution in [3.8, 4) is 11.5 Å². The first kappa shape index (κ1) is 15.8. The molecule has 0 fully saturated rings. The van der Waals surface area contributed by atoms with E-state index in [9.17, 15) is 13.7 Å². The second-order valence-electron chi connectivity index (χ2n) is 5.14. The molecule has 0 aliphatic carbocycles. The molecule has 1 aliphatic heterocycles. The van der Waals surface area contributed by atoms with Crippen molar-refractivity contribution in [3.63, 3.8) is 0 Å². The summed E-state index contributed by atoms with van der Waals surface area (Å²) in [7, 11) is 0. The summed E-state index contributed by atoms with van der Waals surface area (Å²) >= 11 is -1.56. The molecule has 2 unspecified atom stereocenters. The molecule has 2 aromatic carbocycles. The van der Waals surface area contributed by atoms with E-state index in [0.29, 0.717) is 33.5 Å². The van der Waals surface area contributed by atoms with Crippen molar-refractivity contribution in [1.82, 2.24) is 0 Å². The van der Waals surface area contributed by atoms with Gasteiger partial charge in [0.2, 0.25) is 9.79 Å². The average molecular weight is 334 g/mol. The van der Waals surface area contributed by atoms with Crippen LogP contribution in [0.3, 0.4) is 0 Å². The number of carbonyl (C=O) groups excluding carboxylic acids is 1. The Kier molecular flexibility index (Phi) is 4.28. The van der Waals surface area contributed by atoms with Crippen LogP contribution in [0.5, 0.6) is 11.5 Å². The fraction of sp³-hybridized carbons (Fsp3) is 0.235. The third-order valence-electron chi connectivity index (χ3n) is 3.63. The van der Waals surface area contributed by atoms with Crippen molar-refractivity contribution in [3.05, 3.63) is 47.8 Å². The van der Waals surface area contributed by atoms with Gasteiger partial charge in [0.1, 0.15) is 5.82 Å². The fourth-order valence-electron chi connectivity index (χ4n) is 2.37. The molecule has 2 aromatic rings. The molecule has 0 saturated heterocycles. The highest BCUT2D eigenvalue weighted by Gasteiger charge is 2.32. The van der Waals surface area contributed by atoms with Crippen molar-refractivity contribution in [2.45, 2.75) is 29.6 Å². The maximum Gasteiger partial charge on any atom is 0.313 e. The van der Waals surface area contributed by atoms with Gasteiger partial charge in [0.15, 0.2) is 11.5 Å². The summed E-state index contributed by atoms with van der Waals surface area (Å²) in [4.78, 5) is 12.6. The molecular formula is C17H15FO4S. The zero-order valence-electron chi connectivity index (χ0n) is 12.7. The Labute approximate surface area is 136 Å². The molecule has 2 atom stereocenters. The van der Waals surface area contributed by atoms with E-state index in [4.69, 9.17) is 9.47 Å². The summed E-state index contributed by atoms with van der Waals surface area (Å²) < 4.78 is 36.7. The van der Waals surface area contributed by atoms with E-state index in [2.05, 4.69) is 0 Å². The molecule has 0 amide bonds. The number of hydrogen-bond donors (Lipinski definition) is 0. The molecule has 0 bridgehead atoms. The van der Waals surface area contributed by atoms with Gasteiger partial charge >= 0.3 is 5.97 Å². The maximum absolute atomic E-state index is 13.4. The number of ether oxygens (including phenoxy) is 2. The summed E-state index contributed by atoms with van der Waals surface area (Å²) in [6.45, 7) is 3.77. The van der Waals surface area contributed by atoms with Gasteiger partial charge in [-0.25, -0.2) is 4.39 Å². The normalized spacial score (nSPS) is 16.8. The monoisotopic (exact) mass is 334 g/mol. The van der Waals surface area contributed by atoms with Crippen LogP contribution in [0, 0.1) is 5.82 Å². The van der Waals surface area contributed by atoms with Crippen LogP contribution in [0.2, 0.25) is 0 Å². The van der Waals surface area contributed by atoms with Gasteiger partial charge in [-0.15, -0.1) is 0 Å². The lowest BCUT2D eigenvalue weighted by atomic mass is 10.0. The molecule has 0 aromatic heterocycles. The van der Waals surface area contributed by atoms with Crippen LogP contribution in [-0.4, -0.2) is 17.1 Å². The van der Waals surface area contributed by atoms with Gasteiger partial charge in [0.25, 0.3) is 0 Å². The summed E-state index contributed by atoms with van der Waals surface area (Å²) in [5.74, 6) is -0.474. The predicted molar refractivity (Wildman–Crippen MR) is 82.6 cm³/mol. The topological polar surface area (TPSA) is 58.6 Å². The molecule has 1 heterocycles. The predicted octanol–water partition coefficient (Wildman–Crippen LogP) is 3.76. The van der Waals surface area contributed by atoms with Crippen molar-refractivity contribution < 1.29 is 23.2 Å². The van der Waals surface area contributed by atoms with Crippen molar-refractivity contribution in [1.29, 1.82) is 0 Å². The molecule has 120 valence electrons. The quantitative estimate of drug-likeness (QED) is 0.633. The first-order valence-electron chi connectivity index (χ1n) is 7.21. The lowest BCUT2D eigenvalue weighted by Crippen LogP contribution is -2.15. The van der Waals surface area contributed by atoms with Gasteiger partial charge in [-0.05, 0) is 37.6 Å². The van der Waals surface area contributed by atoms with Crippen LogP contribution in [0.15, 0.2) is 46.2 Å². The molecule has 0 saturated carbocycles. The van der Waals surface area contributed by atoms with Crippen LogP contribution < -0.4 is 4.74 Å². The van der Waals surface area contributed by atoms with Crippen LogP contribution in [0.25, 0.3) is 0 Å². The minimum atomic E-state index is -1.56. The van der Waals surface area contributed by atoms with Crippen LogP contribution >= 0.6 is 0 Å². The van der Waals surface area contributed by atoms with Crippen molar-refractivity contribution >= 4 is 17.1 Å². The molecule has 3 rings (SSSR count). The molecule has 23 heavy (non-hydrogen) atoms. The minimum Gasteiger partial charge on any atom is -0.606 e. The summed E-state index contributed by atoms with van der Waals surface area (Å²) in [6.07, 6.45) is 0. The van der Waals surface area contributed by atoms with E-state index < -0.39 is 22.9 Å². The number of fused-ring (bicyclic) bond motifs is 2. The van der Waals surface area contributed by atoms with E-state index in [1.807, 2.05) is 0 Å². The second kappa shape index (κ2) is 6.22. The first-order chi connectivity index (χ1) is 11.0. The van der Waals surface area contributed by atoms with Gasteiger partial charge < -0.3 is 14.0 Å². The first-order valence-corrected chi connectivity index (χ1v) is 8.36. The Bertz CT molecular complexity index is 762. The molecule has 0 spiro atoms. The molecule has 1 aliphatic rings. The van der Waals surface area contributed by atoms with Crippen molar-refractivity contribution in [2.75, 3.05) is 6.61 Å². The van der Waals surface area contributed by atoms with Crippen LogP contribution in [0.1, 0.15) is 25.3 Å². The molecular weight excluding hydrogens is 319 g/mol. The number of rotatable bonds is 3. The van der Waals surface area contributed by atoms with E-state index in [1.165, 1.54) is 18.2 Å². The highest BCUT2D eigenvalue weighted by atomic mass is 32.2. The molecule has 0 N–H and O–H groups in total. The maximum atomic E-state index is 13.4. The average Bonchev–Trinajstić information content (AvgIpc) is 2.55. The van der Waals surface area contributed by atoms with Crippen LogP contribution in [0.4, 0.5) is 4.39 Å². The van der Waals surface area contributed by atoms with Gasteiger partial charge in [-0.2, -0.15) is 0 Å². The number of halogens is 1. The van der Waals surface area contributed by atoms with Crippen molar-refractivity contribution in [2.24, 2.45) is 0 Å². The zero-order valence-corrected chi connectivity index (χ0v) is 13.5. The lowest BCUT2D eigenvalue weighted by molar-refractivity contribution is -0.144. The molecule has 0 radical (unpaired) electrons. The van der Waals surface area contributed by atoms with Gasteiger partial charge in [-0.3, -0.25) is 4.79 Å². The fourth-order valence-corrected chi connectivity index (χ4v) is 3.66. The Hall–Kier alpha value is -2.05. The number of esters is 1. The number of hydrogen-bond acceptors (Lipinski definition) is 4. The summed E-state index contributed by atoms with van der Waals surface area (Å²) in [5, 5.41) is 0. The highest BCUT2D eigenvalue weighted by molar-refractivity contribution is 7.91. The van der Waals surface area contributed by atoms with Gasteiger partial charge in [0, 0.05) is 23.3 Å². The number of carbonyl (C=O) groups is 1. The number of benzene rings is 2. The third-order valence-corrected chi connectivity index (χ3v) is 5.07. The second-order valence-corrected chi connectivity index (χ2v) is 6.56. The minimum absolute atomic E-state index is 0.290. The smallest absolute Gasteiger partial charge is 0.313 e. The van der Waals surface area contributed by atoms with E-state index >= 15 is 0 Å². The molecule has 4 nitrogen and oxygen atoms in total. The lowest BCUT2D eigenvalue weighted by Gasteiger charge is -2.22. The summed E-state index contributed by atoms with van der Waals surface area (Å²) in [5.41, 5.74) is 0.680. The largest absolute Gasteiger partial charge is 0.606 e. The zero-order chi connectivity index (χ0) is 16.6. The van der Waals surface area contributed by atoms with Gasteiger partial charge in [0.05, 0.1) is 12.5 Å². The third kappa shape index (κ3) is 2.92. The van der Waals surface area contributed by atoms with Gasteiger partial charge in [-0.1, -0.05) is 6.07 Å². The standard InChI is InChI=1S/C17H15FO4S/c1-3-21-17(19)10(2)11-4-6-13-15(8-11)23(20)16-9-12(18)5-7-14(16)22-13/h4-10H,3H2,1-2H3. The van der Waals surface area contributed by atoms with E-state index in [-0.39, 0.29) is 5.97 Å². The van der Waals surface area contributed by atoms with E-state index in [0.717, 1.165) is 0 Å². The van der Waals surface area contributed by atoms with Crippen LogP contribution in [-0.2, 0) is 20.7 Å². The molecule has 6 heteroatoms. The van der Waals surface area contributed by atoms with E-state index in [1.54, 1.807) is 32.0 Å². The Balaban J connectivity index is 1.97. The SMILES string of the molecule is CCOC(=O)C(C)c1ccc2c(c1)[S+]([O-])c1cc(F)ccc1O2. The summed E-state index contributed by atoms with van der Waals surface area (Å²) in [6, 6.07) is 8.99. The highest BCUT2D eigenvalue weighted by Crippen LogP contribution is 2.43. The Morgan fingerprint density at radius 1 is 1.26 bits per heavy atom.